The number of rotatable bonds is 41. The molecule has 7 atom stereocenters. The Bertz CT molecular complexity index is 1140. The molecular formula is C52H93NO8. The Balaban J connectivity index is 2.37. The van der Waals surface area contributed by atoms with Gasteiger partial charge in [0.25, 0.3) is 0 Å². The van der Waals surface area contributed by atoms with Gasteiger partial charge in [-0.1, -0.05) is 184 Å². The average Bonchev–Trinajstić information content (AvgIpc) is 3.26. The van der Waals surface area contributed by atoms with Crippen LogP contribution in [0.15, 0.2) is 60.8 Å². The average molecular weight is 860 g/mol. The summed E-state index contributed by atoms with van der Waals surface area (Å²) in [4.78, 5) is 13.0. The van der Waals surface area contributed by atoms with Crippen LogP contribution in [0.2, 0.25) is 0 Å². The van der Waals surface area contributed by atoms with Crippen molar-refractivity contribution in [1.29, 1.82) is 0 Å². The van der Waals surface area contributed by atoms with Crippen molar-refractivity contribution in [1.82, 2.24) is 5.32 Å². The molecule has 0 saturated carbocycles. The second-order valence-electron chi connectivity index (χ2n) is 17.2. The van der Waals surface area contributed by atoms with Crippen LogP contribution in [0.4, 0.5) is 0 Å². The van der Waals surface area contributed by atoms with Crippen molar-refractivity contribution in [3.05, 3.63) is 60.8 Å². The zero-order valence-electron chi connectivity index (χ0n) is 38.9. The number of ether oxygens (including phenoxy) is 2. The molecule has 354 valence electrons. The highest BCUT2D eigenvalue weighted by Crippen LogP contribution is 2.22. The summed E-state index contributed by atoms with van der Waals surface area (Å²) in [5.41, 5.74) is 0. The van der Waals surface area contributed by atoms with Gasteiger partial charge in [-0.2, -0.15) is 0 Å². The van der Waals surface area contributed by atoms with E-state index in [2.05, 4.69) is 67.8 Å². The summed E-state index contributed by atoms with van der Waals surface area (Å²) >= 11 is 0. The van der Waals surface area contributed by atoms with E-state index in [0.29, 0.717) is 6.42 Å². The lowest BCUT2D eigenvalue weighted by atomic mass is 9.99. The van der Waals surface area contributed by atoms with E-state index < -0.39 is 49.5 Å². The predicted octanol–water partition coefficient (Wildman–Crippen LogP) is 11.2. The second kappa shape index (κ2) is 41.9. The lowest BCUT2D eigenvalue weighted by molar-refractivity contribution is -0.302. The Labute approximate surface area is 373 Å². The highest BCUT2D eigenvalue weighted by atomic mass is 16.7. The number of carbonyl (C=O) groups excluding carboxylic acids is 1. The first-order chi connectivity index (χ1) is 29.8. The Kier molecular flexibility index (Phi) is 39.1. The number of aliphatic hydroxyl groups excluding tert-OH is 5. The first kappa shape index (κ1) is 56.9. The molecule has 1 saturated heterocycles. The molecule has 9 heteroatoms. The fraction of sp³-hybridized carbons (Fsp3) is 0.788. The van der Waals surface area contributed by atoms with Crippen LogP contribution in [0.1, 0.15) is 206 Å². The Hall–Kier alpha value is -2.11. The lowest BCUT2D eigenvalue weighted by Gasteiger charge is -2.40. The molecule has 1 heterocycles. The molecule has 7 unspecified atom stereocenters. The number of unbranched alkanes of at least 4 members (excludes halogenated alkanes) is 23. The molecule has 61 heavy (non-hydrogen) atoms. The summed E-state index contributed by atoms with van der Waals surface area (Å²) in [7, 11) is 0. The van der Waals surface area contributed by atoms with Crippen LogP contribution in [0, 0.1) is 0 Å². The van der Waals surface area contributed by atoms with Gasteiger partial charge in [-0.05, 0) is 77.0 Å². The largest absolute Gasteiger partial charge is 0.394 e. The molecule has 0 bridgehead atoms. The minimum Gasteiger partial charge on any atom is -0.394 e. The van der Waals surface area contributed by atoms with Gasteiger partial charge in [-0.25, -0.2) is 0 Å². The van der Waals surface area contributed by atoms with Crippen LogP contribution >= 0.6 is 0 Å². The quantitative estimate of drug-likeness (QED) is 0.0263. The third-order valence-electron chi connectivity index (χ3n) is 11.5. The molecular weight excluding hydrogens is 767 g/mol. The van der Waals surface area contributed by atoms with E-state index in [1.54, 1.807) is 6.08 Å². The van der Waals surface area contributed by atoms with Gasteiger partial charge in [0.15, 0.2) is 6.29 Å². The van der Waals surface area contributed by atoms with Gasteiger partial charge >= 0.3 is 0 Å². The molecule has 0 spiro atoms. The number of hydrogen-bond acceptors (Lipinski definition) is 8. The number of carbonyl (C=O) groups is 1. The van der Waals surface area contributed by atoms with Crippen LogP contribution in [0.25, 0.3) is 0 Å². The zero-order chi connectivity index (χ0) is 44.4. The van der Waals surface area contributed by atoms with Gasteiger partial charge in [0, 0.05) is 6.42 Å². The summed E-state index contributed by atoms with van der Waals surface area (Å²) in [5, 5.41) is 54.3. The number of amides is 1. The summed E-state index contributed by atoms with van der Waals surface area (Å²) in [5.74, 6) is -0.201. The molecule has 1 amide bonds. The lowest BCUT2D eigenvalue weighted by Crippen LogP contribution is -2.60. The Morgan fingerprint density at radius 2 is 0.984 bits per heavy atom. The molecule has 0 radical (unpaired) electrons. The van der Waals surface area contributed by atoms with Gasteiger partial charge < -0.3 is 40.3 Å². The van der Waals surface area contributed by atoms with Gasteiger partial charge in [0.05, 0.1) is 25.4 Å². The number of allylic oxidation sites excluding steroid dienone is 9. The minimum absolute atomic E-state index is 0.201. The summed E-state index contributed by atoms with van der Waals surface area (Å²) in [6.07, 6.45) is 48.4. The van der Waals surface area contributed by atoms with Crippen LogP contribution in [0.3, 0.4) is 0 Å². The van der Waals surface area contributed by atoms with Gasteiger partial charge in [-0.15, -0.1) is 0 Å². The molecule has 0 aromatic carbocycles. The molecule has 1 aliphatic rings. The van der Waals surface area contributed by atoms with Gasteiger partial charge in [0.1, 0.15) is 24.4 Å². The monoisotopic (exact) mass is 860 g/mol. The fourth-order valence-corrected chi connectivity index (χ4v) is 7.51. The molecule has 6 N–H and O–H groups in total. The second-order valence-corrected chi connectivity index (χ2v) is 17.2. The molecule has 1 rings (SSSR count). The third kappa shape index (κ3) is 32.2. The number of aliphatic hydroxyl groups is 5. The van der Waals surface area contributed by atoms with Gasteiger partial charge in [-0.3, -0.25) is 4.79 Å². The molecule has 0 aromatic heterocycles. The maximum atomic E-state index is 13.0. The van der Waals surface area contributed by atoms with Crippen molar-refractivity contribution in [2.24, 2.45) is 0 Å². The van der Waals surface area contributed by atoms with E-state index in [1.165, 1.54) is 122 Å². The standard InChI is InChI=1S/C52H93NO8/c1-3-5-7-9-11-13-15-17-19-21-22-23-24-26-27-29-31-33-35-37-39-41-46(55)45(44-60-52-51(59)50(58)49(57)47(43-54)61-52)53-48(56)42-40-38-36-34-32-30-28-25-20-18-16-14-12-10-8-6-4-2/h12,14,18,20,24,26,31,33,39,41,45-47,49-52,54-55,57-59H,3-11,13,15-17,19,21-23,25,27-30,32,34-38,40,42-44H2,1-2H3,(H,53,56)/b14-12-,20-18-,26-24+,33-31+,41-39+. The summed E-state index contributed by atoms with van der Waals surface area (Å²) in [6.45, 7) is 3.72. The normalized spacial score (nSPS) is 20.9. The molecule has 0 aromatic rings. The molecule has 1 fully saturated rings. The van der Waals surface area contributed by atoms with Crippen LogP contribution < -0.4 is 5.32 Å². The van der Waals surface area contributed by atoms with E-state index in [0.717, 1.165) is 64.2 Å². The van der Waals surface area contributed by atoms with E-state index in [4.69, 9.17) is 9.47 Å². The van der Waals surface area contributed by atoms with Crippen molar-refractivity contribution < 1.29 is 39.8 Å². The Morgan fingerprint density at radius 1 is 0.557 bits per heavy atom. The predicted molar refractivity (Wildman–Crippen MR) is 253 cm³/mol. The van der Waals surface area contributed by atoms with E-state index >= 15 is 0 Å². The van der Waals surface area contributed by atoms with Crippen LogP contribution in [0.5, 0.6) is 0 Å². The third-order valence-corrected chi connectivity index (χ3v) is 11.5. The van der Waals surface area contributed by atoms with Crippen molar-refractivity contribution in [3.8, 4) is 0 Å². The zero-order valence-corrected chi connectivity index (χ0v) is 38.9. The molecule has 0 aliphatic carbocycles. The summed E-state index contributed by atoms with van der Waals surface area (Å²) in [6, 6.07) is -0.834. The highest BCUT2D eigenvalue weighted by Gasteiger charge is 2.44. The topological polar surface area (TPSA) is 149 Å². The first-order valence-corrected chi connectivity index (χ1v) is 25.0. The van der Waals surface area contributed by atoms with Crippen LogP contribution in [-0.2, 0) is 14.3 Å². The van der Waals surface area contributed by atoms with Crippen molar-refractivity contribution in [2.45, 2.75) is 249 Å². The molecule has 9 nitrogen and oxygen atoms in total. The highest BCUT2D eigenvalue weighted by molar-refractivity contribution is 5.76. The SMILES string of the molecule is CCCCC/C=C\C/C=C\CCCCCCCCCC(=O)NC(COC1OC(CO)C(O)C(O)C1O)C(O)/C=C/CC/C=C/CC/C=C/CCCCCCCCCCCCC. The maximum absolute atomic E-state index is 13.0. The number of nitrogens with one attached hydrogen (secondary N) is 1. The van der Waals surface area contributed by atoms with Crippen LogP contribution in [-0.4, -0.2) is 87.5 Å². The minimum atomic E-state index is -1.58. The Morgan fingerprint density at radius 3 is 1.51 bits per heavy atom. The van der Waals surface area contributed by atoms with E-state index in [9.17, 15) is 30.3 Å². The number of hydrogen-bond donors (Lipinski definition) is 6. The van der Waals surface area contributed by atoms with E-state index in [1.807, 2.05) is 6.08 Å². The maximum Gasteiger partial charge on any atom is 0.220 e. The summed E-state index contributed by atoms with van der Waals surface area (Å²) < 4.78 is 11.2. The fourth-order valence-electron chi connectivity index (χ4n) is 7.51. The van der Waals surface area contributed by atoms with Gasteiger partial charge in [0.2, 0.25) is 5.91 Å². The van der Waals surface area contributed by atoms with Crippen molar-refractivity contribution >= 4 is 5.91 Å². The molecule has 1 aliphatic heterocycles. The van der Waals surface area contributed by atoms with E-state index in [-0.39, 0.29) is 12.5 Å². The van der Waals surface area contributed by atoms with Crippen molar-refractivity contribution in [2.75, 3.05) is 13.2 Å². The first-order valence-electron chi connectivity index (χ1n) is 25.0. The smallest absolute Gasteiger partial charge is 0.220 e. The van der Waals surface area contributed by atoms with Crippen molar-refractivity contribution in [3.63, 3.8) is 0 Å².